The van der Waals surface area contributed by atoms with Gasteiger partial charge in [0.2, 0.25) is 11.8 Å². The molecule has 2 amide bonds. The zero-order valence-corrected chi connectivity index (χ0v) is 12.8. The lowest BCUT2D eigenvalue weighted by atomic mass is 9.84. The second kappa shape index (κ2) is 5.62. The van der Waals surface area contributed by atoms with E-state index >= 15 is 0 Å². The molecule has 116 valence electrons. The van der Waals surface area contributed by atoms with Crippen LogP contribution in [0.15, 0.2) is 12.2 Å². The van der Waals surface area contributed by atoms with Gasteiger partial charge in [-0.3, -0.25) is 19.3 Å². The smallest absolute Gasteiger partial charge is 0.308 e. The van der Waals surface area contributed by atoms with Crippen molar-refractivity contribution in [1.29, 1.82) is 0 Å². The Bertz CT molecular complexity index is 463. The Labute approximate surface area is 125 Å². The maximum atomic E-state index is 12.4. The second-order valence-electron chi connectivity index (χ2n) is 7.24. The topological polar surface area (TPSA) is 74.7 Å². The number of carbonyl (C=O) groups excluding carboxylic acids is 2. The Morgan fingerprint density at radius 2 is 1.71 bits per heavy atom. The van der Waals surface area contributed by atoms with E-state index in [2.05, 4.69) is 0 Å². The van der Waals surface area contributed by atoms with E-state index < -0.39 is 11.9 Å². The molecular weight excluding hydrogens is 270 g/mol. The van der Waals surface area contributed by atoms with Crippen LogP contribution in [0.3, 0.4) is 0 Å². The molecule has 0 spiro atoms. The van der Waals surface area contributed by atoms with E-state index in [1.807, 2.05) is 32.9 Å². The monoisotopic (exact) mass is 293 g/mol. The van der Waals surface area contributed by atoms with Gasteiger partial charge in [-0.05, 0) is 24.7 Å². The molecule has 0 bridgehead atoms. The number of hydrogen-bond donors (Lipinski definition) is 1. The largest absolute Gasteiger partial charge is 0.481 e. The first-order valence-electron chi connectivity index (χ1n) is 7.44. The Morgan fingerprint density at radius 3 is 2.10 bits per heavy atom. The molecule has 0 aromatic carbocycles. The van der Waals surface area contributed by atoms with E-state index in [0.29, 0.717) is 19.3 Å². The number of hydrogen-bond acceptors (Lipinski definition) is 3. The summed E-state index contributed by atoms with van der Waals surface area (Å²) < 4.78 is 0. The number of imide groups is 1. The first kappa shape index (κ1) is 15.7. The van der Waals surface area contributed by atoms with Crippen LogP contribution < -0.4 is 0 Å². The molecule has 1 N–H and O–H groups in total. The molecule has 0 saturated carbocycles. The van der Waals surface area contributed by atoms with Gasteiger partial charge >= 0.3 is 5.97 Å². The Kier molecular flexibility index (Phi) is 4.21. The number of likely N-dealkylation sites (tertiary alicyclic amines) is 1. The highest BCUT2D eigenvalue weighted by Crippen LogP contribution is 2.36. The second-order valence-corrected chi connectivity index (χ2v) is 7.24. The highest BCUT2D eigenvalue weighted by atomic mass is 16.4. The molecule has 2 rings (SSSR count). The summed E-state index contributed by atoms with van der Waals surface area (Å²) in [5.74, 6) is -2.62. The quantitative estimate of drug-likeness (QED) is 0.636. The third-order valence-electron chi connectivity index (χ3n) is 4.21. The number of carbonyl (C=O) groups is 3. The summed E-state index contributed by atoms with van der Waals surface area (Å²) in [6, 6.07) is 0. The van der Waals surface area contributed by atoms with Gasteiger partial charge in [0.25, 0.3) is 0 Å². The van der Waals surface area contributed by atoms with Crippen molar-refractivity contribution < 1.29 is 19.5 Å². The molecule has 21 heavy (non-hydrogen) atoms. The van der Waals surface area contributed by atoms with Crippen molar-refractivity contribution in [3.8, 4) is 0 Å². The minimum atomic E-state index is -0.946. The van der Waals surface area contributed by atoms with Gasteiger partial charge in [-0.25, -0.2) is 0 Å². The Hall–Kier alpha value is -1.65. The van der Waals surface area contributed by atoms with Crippen molar-refractivity contribution in [1.82, 2.24) is 4.90 Å². The van der Waals surface area contributed by atoms with E-state index in [0.717, 1.165) is 0 Å². The average Bonchev–Trinajstić information content (AvgIpc) is 2.62. The summed E-state index contributed by atoms with van der Waals surface area (Å²) in [6.07, 6.45) is 5.47. The van der Waals surface area contributed by atoms with Crippen LogP contribution in [0.2, 0.25) is 0 Å². The van der Waals surface area contributed by atoms with Crippen LogP contribution >= 0.6 is 0 Å². The van der Waals surface area contributed by atoms with Crippen molar-refractivity contribution >= 4 is 17.8 Å². The third kappa shape index (κ3) is 3.34. The number of aliphatic carboxylic acids is 1. The van der Waals surface area contributed by atoms with Gasteiger partial charge in [0.05, 0.1) is 17.8 Å². The van der Waals surface area contributed by atoms with Crippen LogP contribution in [-0.2, 0) is 14.4 Å². The number of fused-ring (bicyclic) bond motifs is 1. The van der Waals surface area contributed by atoms with Crippen LogP contribution in [0.25, 0.3) is 0 Å². The molecular formula is C16H23NO4. The van der Waals surface area contributed by atoms with E-state index in [1.54, 1.807) is 0 Å². The minimum Gasteiger partial charge on any atom is -0.481 e. The highest BCUT2D eigenvalue weighted by molar-refractivity contribution is 6.05. The molecule has 3 atom stereocenters. The van der Waals surface area contributed by atoms with E-state index in [1.165, 1.54) is 4.90 Å². The standard InChI is InChI=1S/C16H23NO4/c1-16(2,3)8-10(15(20)21)9-17-13(18)11-6-4-5-7-12(11)14(17)19/h4-5,10-12H,6-9H2,1-3H3,(H,20,21). The molecule has 1 saturated heterocycles. The van der Waals surface area contributed by atoms with Crippen LogP contribution in [-0.4, -0.2) is 34.3 Å². The summed E-state index contributed by atoms with van der Waals surface area (Å²) >= 11 is 0. The molecule has 1 heterocycles. The average molecular weight is 293 g/mol. The molecule has 5 nitrogen and oxygen atoms in total. The number of carboxylic acids is 1. The third-order valence-corrected chi connectivity index (χ3v) is 4.21. The highest BCUT2D eigenvalue weighted by Gasteiger charge is 2.48. The van der Waals surface area contributed by atoms with Crippen LogP contribution in [0.1, 0.15) is 40.0 Å². The van der Waals surface area contributed by atoms with E-state index in [4.69, 9.17) is 0 Å². The number of nitrogens with zero attached hydrogens (tertiary/aromatic N) is 1. The minimum absolute atomic E-state index is 0.00271. The molecule has 2 aliphatic rings. The summed E-state index contributed by atoms with van der Waals surface area (Å²) in [6.45, 7) is 5.87. The first-order chi connectivity index (χ1) is 9.70. The number of rotatable bonds is 4. The fraction of sp³-hybridized carbons (Fsp3) is 0.688. The van der Waals surface area contributed by atoms with Crippen LogP contribution in [0.5, 0.6) is 0 Å². The zero-order chi connectivity index (χ0) is 15.8. The summed E-state index contributed by atoms with van der Waals surface area (Å²) in [4.78, 5) is 37.3. The van der Waals surface area contributed by atoms with Gasteiger partial charge in [0, 0.05) is 6.54 Å². The van der Waals surface area contributed by atoms with Gasteiger partial charge < -0.3 is 5.11 Å². The summed E-state index contributed by atoms with van der Waals surface area (Å²) in [5.41, 5.74) is -0.164. The van der Waals surface area contributed by atoms with Gasteiger partial charge in [0.1, 0.15) is 0 Å². The molecule has 0 radical (unpaired) electrons. The summed E-state index contributed by atoms with van der Waals surface area (Å²) in [7, 11) is 0. The lowest BCUT2D eigenvalue weighted by Crippen LogP contribution is -2.39. The number of carboxylic acid groups (broad SMARTS) is 1. The van der Waals surface area contributed by atoms with Gasteiger partial charge in [0.15, 0.2) is 0 Å². The Morgan fingerprint density at radius 1 is 1.24 bits per heavy atom. The summed E-state index contributed by atoms with van der Waals surface area (Å²) in [5, 5.41) is 9.37. The van der Waals surface area contributed by atoms with Gasteiger partial charge in [-0.2, -0.15) is 0 Å². The van der Waals surface area contributed by atoms with Crippen molar-refractivity contribution in [3.05, 3.63) is 12.2 Å². The number of amides is 2. The molecule has 5 heteroatoms. The normalized spacial score (nSPS) is 26.9. The molecule has 0 aromatic rings. The molecule has 1 aliphatic carbocycles. The lowest BCUT2D eigenvalue weighted by molar-refractivity contribution is -0.147. The number of allylic oxidation sites excluding steroid dienone is 2. The zero-order valence-electron chi connectivity index (χ0n) is 12.8. The molecule has 1 fully saturated rings. The molecule has 0 aromatic heterocycles. The fourth-order valence-electron chi connectivity index (χ4n) is 3.24. The van der Waals surface area contributed by atoms with Crippen molar-refractivity contribution in [2.24, 2.45) is 23.2 Å². The van der Waals surface area contributed by atoms with E-state index in [-0.39, 0.29) is 35.6 Å². The van der Waals surface area contributed by atoms with Crippen molar-refractivity contribution in [2.45, 2.75) is 40.0 Å². The SMILES string of the molecule is CC(C)(C)CC(CN1C(=O)C2CC=CCC2C1=O)C(=O)O. The molecule has 3 unspecified atom stereocenters. The fourth-order valence-corrected chi connectivity index (χ4v) is 3.24. The first-order valence-corrected chi connectivity index (χ1v) is 7.44. The van der Waals surface area contributed by atoms with Crippen LogP contribution in [0, 0.1) is 23.2 Å². The van der Waals surface area contributed by atoms with Crippen LogP contribution in [0.4, 0.5) is 0 Å². The van der Waals surface area contributed by atoms with Crippen molar-refractivity contribution in [3.63, 3.8) is 0 Å². The maximum absolute atomic E-state index is 12.4. The maximum Gasteiger partial charge on any atom is 0.308 e. The van der Waals surface area contributed by atoms with Crippen molar-refractivity contribution in [2.75, 3.05) is 6.54 Å². The predicted molar refractivity (Wildman–Crippen MR) is 77.3 cm³/mol. The molecule has 1 aliphatic heterocycles. The lowest BCUT2D eigenvalue weighted by Gasteiger charge is -2.26. The van der Waals surface area contributed by atoms with Gasteiger partial charge in [-0.1, -0.05) is 32.9 Å². The van der Waals surface area contributed by atoms with E-state index in [9.17, 15) is 19.5 Å². The van der Waals surface area contributed by atoms with Gasteiger partial charge in [-0.15, -0.1) is 0 Å². The Balaban J connectivity index is 2.12. The predicted octanol–water partition coefficient (Wildman–Crippen LogP) is 2.07.